The minimum Gasteiger partial charge on any atom is -0.497 e. The fourth-order valence-corrected chi connectivity index (χ4v) is 5.73. The molecule has 7 nitrogen and oxygen atoms in total. The number of piperidine rings is 1. The van der Waals surface area contributed by atoms with Gasteiger partial charge in [-0.25, -0.2) is 13.2 Å². The molecule has 2 amide bonds. The van der Waals surface area contributed by atoms with E-state index < -0.39 is 10.0 Å². The molecule has 2 aliphatic rings. The normalized spacial score (nSPS) is 19.4. The summed E-state index contributed by atoms with van der Waals surface area (Å²) in [6.45, 7) is 1.27. The third-order valence-electron chi connectivity index (χ3n) is 5.59. The van der Waals surface area contributed by atoms with E-state index >= 15 is 0 Å². The maximum absolute atomic E-state index is 13.0. The molecule has 2 aliphatic heterocycles. The molecule has 0 spiro atoms. The van der Waals surface area contributed by atoms with Crippen LogP contribution in [0.1, 0.15) is 18.4 Å². The Kier molecular flexibility index (Phi) is 5.90. The van der Waals surface area contributed by atoms with Gasteiger partial charge in [-0.3, -0.25) is 4.90 Å². The predicted octanol–water partition coefficient (Wildman–Crippen LogP) is 3.27. The number of nitrogens with one attached hydrogen (secondary N) is 1. The van der Waals surface area contributed by atoms with Crippen molar-refractivity contribution in [3.8, 4) is 5.75 Å². The molecule has 0 aliphatic carbocycles. The van der Waals surface area contributed by atoms with Crippen LogP contribution in [-0.2, 0) is 16.4 Å². The molecule has 2 aromatic rings. The number of rotatable bonds is 4. The number of nitrogens with zero attached hydrogens (tertiary/aromatic N) is 2. The van der Waals surface area contributed by atoms with Crippen LogP contribution < -0.4 is 15.0 Å². The number of benzene rings is 2. The first kappa shape index (κ1) is 21.0. The van der Waals surface area contributed by atoms with Gasteiger partial charge in [0.1, 0.15) is 5.75 Å². The molecule has 1 fully saturated rings. The molecule has 1 atom stereocenters. The lowest BCUT2D eigenvalue weighted by Gasteiger charge is -2.33. The van der Waals surface area contributed by atoms with Gasteiger partial charge < -0.3 is 10.1 Å². The van der Waals surface area contributed by atoms with Crippen LogP contribution in [0.2, 0.25) is 5.02 Å². The van der Waals surface area contributed by atoms with Crippen molar-refractivity contribution in [2.45, 2.75) is 30.2 Å². The first-order chi connectivity index (χ1) is 14.4. The number of ether oxygens (including phenoxy) is 1. The van der Waals surface area contributed by atoms with Crippen molar-refractivity contribution >= 4 is 33.3 Å². The van der Waals surface area contributed by atoms with E-state index in [1.54, 1.807) is 35.2 Å². The number of amides is 2. The van der Waals surface area contributed by atoms with Crippen LogP contribution in [0.15, 0.2) is 47.4 Å². The molecule has 160 valence electrons. The van der Waals surface area contributed by atoms with E-state index in [9.17, 15) is 13.2 Å². The monoisotopic (exact) mass is 449 g/mol. The molecular formula is C21H24ClN3O4S. The van der Waals surface area contributed by atoms with Crippen molar-refractivity contribution in [1.82, 2.24) is 9.62 Å². The second-order valence-corrected chi connectivity index (χ2v) is 9.88. The molecule has 4 rings (SSSR count). The van der Waals surface area contributed by atoms with Crippen LogP contribution in [0, 0.1) is 0 Å². The topological polar surface area (TPSA) is 79.0 Å². The quantitative estimate of drug-likeness (QED) is 0.776. The molecule has 2 aromatic carbocycles. The summed E-state index contributed by atoms with van der Waals surface area (Å²) < 4.78 is 32.6. The minimum absolute atomic E-state index is 0.204. The highest BCUT2D eigenvalue weighted by atomic mass is 35.5. The summed E-state index contributed by atoms with van der Waals surface area (Å²) in [4.78, 5) is 14.8. The Hall–Kier alpha value is -2.29. The zero-order valence-electron chi connectivity index (χ0n) is 16.7. The van der Waals surface area contributed by atoms with Crippen LogP contribution >= 0.6 is 11.6 Å². The maximum atomic E-state index is 13.0. The van der Waals surface area contributed by atoms with Gasteiger partial charge in [0.2, 0.25) is 10.0 Å². The van der Waals surface area contributed by atoms with Gasteiger partial charge in [0.15, 0.2) is 0 Å². The van der Waals surface area contributed by atoms with E-state index in [1.165, 1.54) is 11.4 Å². The molecule has 0 saturated carbocycles. The van der Waals surface area contributed by atoms with Crippen molar-refractivity contribution in [3.05, 3.63) is 53.1 Å². The van der Waals surface area contributed by atoms with Crippen molar-refractivity contribution < 1.29 is 17.9 Å². The third-order valence-corrected chi connectivity index (χ3v) is 7.71. The Morgan fingerprint density at radius 3 is 2.67 bits per heavy atom. The van der Waals surface area contributed by atoms with E-state index in [1.807, 2.05) is 12.1 Å². The summed E-state index contributed by atoms with van der Waals surface area (Å²) in [6.07, 6.45) is 2.18. The van der Waals surface area contributed by atoms with E-state index in [2.05, 4.69) is 5.32 Å². The van der Waals surface area contributed by atoms with E-state index in [0.29, 0.717) is 30.3 Å². The van der Waals surface area contributed by atoms with Crippen LogP contribution in [0.5, 0.6) is 5.75 Å². The fourth-order valence-electron chi connectivity index (χ4n) is 4.01. The molecule has 0 aromatic heterocycles. The number of sulfonamides is 1. The van der Waals surface area contributed by atoms with Crippen molar-refractivity contribution in [1.29, 1.82) is 0 Å². The van der Waals surface area contributed by atoms with Gasteiger partial charge >= 0.3 is 6.03 Å². The van der Waals surface area contributed by atoms with Crippen LogP contribution in [0.25, 0.3) is 0 Å². The van der Waals surface area contributed by atoms with Gasteiger partial charge in [-0.15, -0.1) is 0 Å². The summed E-state index contributed by atoms with van der Waals surface area (Å²) in [5.74, 6) is 0.602. The molecule has 0 bridgehead atoms. The lowest BCUT2D eigenvalue weighted by atomic mass is 10.1. The van der Waals surface area contributed by atoms with Gasteiger partial charge in [0.05, 0.1) is 12.0 Å². The van der Waals surface area contributed by atoms with Crippen molar-refractivity contribution in [3.63, 3.8) is 0 Å². The number of carbonyl (C=O) groups excluding carboxylic acids is 1. The minimum atomic E-state index is -3.63. The van der Waals surface area contributed by atoms with Crippen LogP contribution in [0.4, 0.5) is 10.5 Å². The Labute approximate surface area is 181 Å². The number of fused-ring (bicyclic) bond motifs is 1. The molecule has 30 heavy (non-hydrogen) atoms. The zero-order valence-corrected chi connectivity index (χ0v) is 18.2. The van der Waals surface area contributed by atoms with Gasteiger partial charge in [-0.05, 0) is 67.3 Å². The van der Waals surface area contributed by atoms with Gasteiger partial charge in [-0.1, -0.05) is 11.6 Å². The SMILES string of the molecule is COc1ccc(S(=O)(=O)N2CCCC(NC(=O)N3CCc4cc(Cl)ccc43)C2)cc1. The molecule has 1 unspecified atom stereocenters. The van der Waals surface area contributed by atoms with Gasteiger partial charge in [0.25, 0.3) is 0 Å². The summed E-state index contributed by atoms with van der Waals surface area (Å²) in [6, 6.07) is 11.4. The highest BCUT2D eigenvalue weighted by Gasteiger charge is 2.33. The second kappa shape index (κ2) is 8.45. The zero-order chi connectivity index (χ0) is 21.3. The van der Waals surface area contributed by atoms with Gasteiger partial charge in [0, 0.05) is 36.4 Å². The molecule has 2 heterocycles. The lowest BCUT2D eigenvalue weighted by Crippen LogP contribution is -2.52. The smallest absolute Gasteiger partial charge is 0.322 e. The molecule has 1 saturated heterocycles. The lowest BCUT2D eigenvalue weighted by molar-refractivity contribution is 0.231. The Balaban J connectivity index is 1.43. The first-order valence-electron chi connectivity index (χ1n) is 9.89. The highest BCUT2D eigenvalue weighted by Crippen LogP contribution is 2.30. The maximum Gasteiger partial charge on any atom is 0.322 e. The highest BCUT2D eigenvalue weighted by molar-refractivity contribution is 7.89. The van der Waals surface area contributed by atoms with Crippen LogP contribution in [-0.4, -0.2) is 51.5 Å². The van der Waals surface area contributed by atoms with E-state index in [4.69, 9.17) is 16.3 Å². The van der Waals surface area contributed by atoms with Crippen molar-refractivity contribution in [2.24, 2.45) is 0 Å². The largest absolute Gasteiger partial charge is 0.497 e. The van der Waals surface area contributed by atoms with E-state index in [-0.39, 0.29) is 23.5 Å². The molecule has 9 heteroatoms. The number of urea groups is 1. The number of anilines is 1. The Morgan fingerprint density at radius 2 is 1.93 bits per heavy atom. The number of halogens is 1. The summed E-state index contributed by atoms with van der Waals surface area (Å²) in [5, 5.41) is 3.67. The average molecular weight is 450 g/mol. The summed E-state index contributed by atoms with van der Waals surface area (Å²) in [5.41, 5.74) is 1.90. The standard InChI is InChI=1S/C21H24ClN3O4S/c1-29-18-5-7-19(8-6-18)30(27,28)24-11-2-3-17(14-24)23-21(26)25-12-10-15-13-16(22)4-9-20(15)25/h4-9,13,17H,2-3,10-12,14H2,1H3,(H,23,26). The number of hydrogen-bond acceptors (Lipinski definition) is 4. The number of carbonyl (C=O) groups is 1. The first-order valence-corrected chi connectivity index (χ1v) is 11.7. The van der Waals surface area contributed by atoms with Crippen molar-refractivity contribution in [2.75, 3.05) is 31.6 Å². The van der Waals surface area contributed by atoms with Gasteiger partial charge in [-0.2, -0.15) is 4.31 Å². The number of methoxy groups -OCH3 is 1. The summed E-state index contributed by atoms with van der Waals surface area (Å²) in [7, 11) is -2.09. The Bertz CT molecular complexity index is 1040. The molecular weight excluding hydrogens is 426 g/mol. The number of hydrogen-bond donors (Lipinski definition) is 1. The predicted molar refractivity (Wildman–Crippen MR) is 116 cm³/mol. The third kappa shape index (κ3) is 4.12. The van der Waals surface area contributed by atoms with Crippen LogP contribution in [0.3, 0.4) is 0 Å². The van der Waals surface area contributed by atoms with E-state index in [0.717, 1.165) is 24.1 Å². The second-order valence-electron chi connectivity index (χ2n) is 7.50. The molecule has 1 N–H and O–H groups in total. The summed E-state index contributed by atoms with van der Waals surface area (Å²) >= 11 is 6.04. The fraction of sp³-hybridized carbons (Fsp3) is 0.381. The average Bonchev–Trinajstić information content (AvgIpc) is 3.17. The molecule has 0 radical (unpaired) electrons. The Morgan fingerprint density at radius 1 is 1.17 bits per heavy atom.